The van der Waals surface area contributed by atoms with Crippen LogP contribution in [-0.4, -0.2) is 23.2 Å². The number of benzene rings is 2. The quantitative estimate of drug-likeness (QED) is 0.425. The van der Waals surface area contributed by atoms with Crippen LogP contribution < -0.4 is 15.8 Å². The summed E-state index contributed by atoms with van der Waals surface area (Å²) in [6, 6.07) is 8.16. The Morgan fingerprint density at radius 3 is 2.45 bits per heavy atom. The molecule has 1 unspecified atom stereocenters. The van der Waals surface area contributed by atoms with Gasteiger partial charge in [0.05, 0.1) is 22.0 Å². The third-order valence-corrected chi connectivity index (χ3v) is 5.01. The first-order valence-electron chi connectivity index (χ1n) is 9.44. The van der Waals surface area contributed by atoms with Gasteiger partial charge in [-0.1, -0.05) is 23.7 Å². The van der Waals surface area contributed by atoms with Gasteiger partial charge in [-0.15, -0.1) is 0 Å². The smallest absolute Gasteiger partial charge is 0.425 e. The second-order valence-electron chi connectivity index (χ2n) is 7.08. The molecule has 0 bridgehead atoms. The third kappa shape index (κ3) is 5.33. The van der Waals surface area contributed by atoms with Crippen LogP contribution in [0.1, 0.15) is 22.8 Å². The third-order valence-electron chi connectivity index (χ3n) is 4.69. The molecule has 0 aliphatic carbocycles. The van der Waals surface area contributed by atoms with Crippen molar-refractivity contribution in [1.82, 2.24) is 4.98 Å². The van der Waals surface area contributed by atoms with Crippen LogP contribution in [0.5, 0.6) is 5.75 Å². The van der Waals surface area contributed by atoms with Gasteiger partial charge < -0.3 is 15.8 Å². The number of rotatable bonds is 5. The Morgan fingerprint density at radius 2 is 1.85 bits per heavy atom. The van der Waals surface area contributed by atoms with Crippen LogP contribution in [0, 0.1) is 18.6 Å². The van der Waals surface area contributed by atoms with E-state index in [-0.39, 0.29) is 22.1 Å². The second-order valence-corrected chi connectivity index (χ2v) is 7.49. The Balaban J connectivity index is 2.10. The average Bonchev–Trinajstić information content (AvgIpc) is 2.73. The van der Waals surface area contributed by atoms with Gasteiger partial charge in [-0.25, -0.2) is 13.8 Å². The fourth-order valence-corrected chi connectivity index (χ4v) is 2.98. The fourth-order valence-electron chi connectivity index (χ4n) is 2.77. The number of nitrogen functional groups attached to an aromatic ring is 1. The molecule has 3 N–H and O–H groups in total. The van der Waals surface area contributed by atoms with Crippen molar-refractivity contribution in [2.75, 3.05) is 11.1 Å². The number of anilines is 2. The number of nitrogens with one attached hydrogen (secondary N) is 1. The standard InChI is InChI=1S/C22H17ClF5N3O2/c1-10-6-7-17(30-20(10)29)12-9-18(33-11(2)22(26,27)28)13(8-16(12)25)21(32)31-19-14(23)4-3-5-15(19)24/h3-9,11H,1-2H3,(H2,29,30)(H,31,32). The number of aryl methyl sites for hydroxylation is 1. The van der Waals surface area contributed by atoms with Crippen LogP contribution in [0.25, 0.3) is 11.3 Å². The molecule has 2 aromatic carbocycles. The van der Waals surface area contributed by atoms with Crippen LogP contribution >= 0.6 is 11.6 Å². The lowest BCUT2D eigenvalue weighted by atomic mass is 10.0. The van der Waals surface area contributed by atoms with Crippen molar-refractivity contribution in [3.8, 4) is 17.0 Å². The van der Waals surface area contributed by atoms with Gasteiger partial charge in [0, 0.05) is 5.56 Å². The van der Waals surface area contributed by atoms with Crippen molar-refractivity contribution in [3.63, 3.8) is 0 Å². The first kappa shape index (κ1) is 24.2. The molecule has 3 aromatic rings. The molecular weight excluding hydrogens is 469 g/mol. The summed E-state index contributed by atoms with van der Waals surface area (Å²) in [4.78, 5) is 16.8. The Kier molecular flexibility index (Phi) is 6.78. The minimum absolute atomic E-state index is 0.0178. The van der Waals surface area contributed by atoms with Gasteiger partial charge in [0.1, 0.15) is 23.2 Å². The van der Waals surface area contributed by atoms with Crippen LogP contribution in [0.2, 0.25) is 5.02 Å². The van der Waals surface area contributed by atoms with Gasteiger partial charge in [-0.2, -0.15) is 13.2 Å². The van der Waals surface area contributed by atoms with Crippen molar-refractivity contribution in [3.05, 3.63) is 70.2 Å². The van der Waals surface area contributed by atoms with Crippen molar-refractivity contribution in [2.45, 2.75) is 26.1 Å². The van der Waals surface area contributed by atoms with Gasteiger partial charge >= 0.3 is 6.18 Å². The molecule has 1 amide bonds. The molecule has 1 aromatic heterocycles. The van der Waals surface area contributed by atoms with Crippen LogP contribution in [0.3, 0.4) is 0 Å². The number of hydrogen-bond donors (Lipinski definition) is 2. The summed E-state index contributed by atoms with van der Waals surface area (Å²) in [5.74, 6) is -3.51. The molecule has 5 nitrogen and oxygen atoms in total. The highest BCUT2D eigenvalue weighted by Gasteiger charge is 2.39. The van der Waals surface area contributed by atoms with Crippen molar-refractivity contribution in [1.29, 1.82) is 0 Å². The lowest BCUT2D eigenvalue weighted by Crippen LogP contribution is -2.32. The van der Waals surface area contributed by atoms with E-state index in [4.69, 9.17) is 22.1 Å². The number of nitrogens with zero attached hydrogens (tertiary/aromatic N) is 1. The molecule has 0 spiro atoms. The zero-order valence-electron chi connectivity index (χ0n) is 17.2. The highest BCUT2D eigenvalue weighted by Crippen LogP contribution is 2.34. The summed E-state index contributed by atoms with van der Waals surface area (Å²) >= 11 is 5.88. The number of carbonyl (C=O) groups is 1. The molecular formula is C22H17ClF5N3O2. The van der Waals surface area contributed by atoms with Gasteiger partial charge in [0.25, 0.3) is 5.91 Å². The number of pyridine rings is 1. The van der Waals surface area contributed by atoms with E-state index in [1.807, 2.05) is 0 Å². The zero-order valence-corrected chi connectivity index (χ0v) is 18.0. The minimum atomic E-state index is -4.77. The molecule has 174 valence electrons. The van der Waals surface area contributed by atoms with Crippen molar-refractivity contribution in [2.24, 2.45) is 0 Å². The van der Waals surface area contributed by atoms with Crippen molar-refractivity contribution < 1.29 is 31.5 Å². The maximum atomic E-state index is 14.9. The summed E-state index contributed by atoms with van der Waals surface area (Å²) < 4.78 is 73.3. The molecule has 11 heteroatoms. The predicted molar refractivity (Wildman–Crippen MR) is 114 cm³/mol. The van der Waals surface area contributed by atoms with E-state index in [1.54, 1.807) is 13.0 Å². The largest absolute Gasteiger partial charge is 0.480 e. The molecule has 0 fully saturated rings. The Hall–Kier alpha value is -3.40. The molecule has 33 heavy (non-hydrogen) atoms. The van der Waals surface area contributed by atoms with E-state index in [1.165, 1.54) is 18.2 Å². The van der Waals surface area contributed by atoms with E-state index >= 15 is 0 Å². The summed E-state index contributed by atoms with van der Waals surface area (Å²) in [5.41, 5.74) is 5.11. The number of ether oxygens (including phenoxy) is 1. The molecule has 0 saturated carbocycles. The highest BCUT2D eigenvalue weighted by molar-refractivity contribution is 6.34. The molecule has 0 radical (unpaired) electrons. The number of nitrogens with two attached hydrogens (primary N) is 1. The lowest BCUT2D eigenvalue weighted by Gasteiger charge is -2.21. The van der Waals surface area contributed by atoms with E-state index in [9.17, 15) is 26.7 Å². The summed E-state index contributed by atoms with van der Waals surface area (Å²) in [7, 11) is 0. The first-order valence-corrected chi connectivity index (χ1v) is 9.82. The van der Waals surface area contributed by atoms with Crippen molar-refractivity contribution >= 4 is 29.0 Å². The number of aromatic nitrogens is 1. The molecule has 3 rings (SSSR count). The number of amides is 1. The summed E-state index contributed by atoms with van der Waals surface area (Å²) in [5, 5.41) is 1.98. The zero-order chi connectivity index (χ0) is 24.5. The van der Waals surface area contributed by atoms with Crippen LogP contribution in [0.4, 0.5) is 33.5 Å². The maximum absolute atomic E-state index is 14.9. The van der Waals surface area contributed by atoms with Crippen LogP contribution in [0.15, 0.2) is 42.5 Å². The SMILES string of the molecule is Cc1ccc(-c2cc(OC(C)C(F)(F)F)c(C(=O)Nc3c(F)cccc3Cl)cc2F)nc1N. The molecule has 0 saturated heterocycles. The number of alkyl halides is 3. The summed E-state index contributed by atoms with van der Waals surface area (Å²) in [6.07, 6.45) is -7.11. The van der Waals surface area contributed by atoms with Crippen LogP contribution in [-0.2, 0) is 0 Å². The Bertz CT molecular complexity index is 1200. The highest BCUT2D eigenvalue weighted by atomic mass is 35.5. The van der Waals surface area contributed by atoms with E-state index in [2.05, 4.69) is 10.3 Å². The van der Waals surface area contributed by atoms with Gasteiger partial charge in [-0.05, 0) is 49.7 Å². The predicted octanol–water partition coefficient (Wildman–Crippen LogP) is 6.15. The Morgan fingerprint density at radius 1 is 1.15 bits per heavy atom. The molecule has 1 atom stereocenters. The monoisotopic (exact) mass is 485 g/mol. The number of carbonyl (C=O) groups excluding carboxylic acids is 1. The van der Waals surface area contributed by atoms with Gasteiger partial charge in [0.15, 0.2) is 6.10 Å². The molecule has 0 aliphatic heterocycles. The van der Waals surface area contributed by atoms with Gasteiger partial charge in [0.2, 0.25) is 0 Å². The van der Waals surface area contributed by atoms with E-state index in [0.29, 0.717) is 11.6 Å². The normalized spacial score (nSPS) is 12.4. The second kappa shape index (κ2) is 9.22. The average molecular weight is 486 g/mol. The van der Waals surface area contributed by atoms with E-state index < -0.39 is 46.8 Å². The number of hydrogen-bond acceptors (Lipinski definition) is 4. The first-order chi connectivity index (χ1) is 15.4. The number of halogens is 6. The summed E-state index contributed by atoms with van der Waals surface area (Å²) in [6.45, 7) is 2.39. The van der Waals surface area contributed by atoms with Gasteiger partial charge in [-0.3, -0.25) is 4.79 Å². The topological polar surface area (TPSA) is 77.2 Å². The molecule has 1 heterocycles. The lowest BCUT2D eigenvalue weighted by molar-refractivity contribution is -0.189. The Labute approximate surface area is 190 Å². The number of para-hydroxylation sites is 1. The van der Waals surface area contributed by atoms with E-state index in [0.717, 1.165) is 19.1 Å². The fraction of sp³-hybridized carbons (Fsp3) is 0.182. The maximum Gasteiger partial charge on any atom is 0.425 e. The molecule has 0 aliphatic rings. The minimum Gasteiger partial charge on any atom is -0.480 e.